The standard InChI is InChI=1S/C22H29N3/c1-23-16-15-20(18-9-3-2-4-10-18)25-17-24(19-11-5-6-12-19)21-13-7-8-14-22(21)25/h2-4,7-10,13-14,19-20,23H,5-6,11-12,15-17H2,1H3. The molecule has 1 unspecified atom stereocenters. The molecule has 132 valence electrons. The number of fused-ring (bicyclic) bond motifs is 1. The number of rotatable bonds is 6. The van der Waals surface area contributed by atoms with E-state index < -0.39 is 0 Å². The summed E-state index contributed by atoms with van der Waals surface area (Å²) in [7, 11) is 2.05. The average Bonchev–Trinajstić information content (AvgIpc) is 3.31. The van der Waals surface area contributed by atoms with Crippen molar-refractivity contribution in [3.05, 3.63) is 60.2 Å². The van der Waals surface area contributed by atoms with Crippen LogP contribution in [0.25, 0.3) is 0 Å². The summed E-state index contributed by atoms with van der Waals surface area (Å²) < 4.78 is 0. The van der Waals surface area contributed by atoms with E-state index in [9.17, 15) is 0 Å². The molecule has 25 heavy (non-hydrogen) atoms. The van der Waals surface area contributed by atoms with Crippen LogP contribution in [0.5, 0.6) is 0 Å². The largest absolute Gasteiger partial charge is 0.349 e. The van der Waals surface area contributed by atoms with Crippen LogP contribution in [0.1, 0.15) is 43.7 Å². The van der Waals surface area contributed by atoms with Crippen molar-refractivity contribution in [2.75, 3.05) is 30.1 Å². The molecule has 3 nitrogen and oxygen atoms in total. The Hall–Kier alpha value is -2.00. The molecular formula is C22H29N3. The maximum absolute atomic E-state index is 3.34. The van der Waals surface area contributed by atoms with Crippen LogP contribution in [0.15, 0.2) is 54.6 Å². The first kappa shape index (κ1) is 16.5. The molecule has 1 aliphatic carbocycles. The van der Waals surface area contributed by atoms with E-state index in [4.69, 9.17) is 0 Å². The zero-order chi connectivity index (χ0) is 17.1. The molecule has 2 aliphatic rings. The molecule has 1 heterocycles. The van der Waals surface area contributed by atoms with E-state index >= 15 is 0 Å². The normalized spacial score (nSPS) is 18.6. The summed E-state index contributed by atoms with van der Waals surface area (Å²) in [5, 5.41) is 3.34. The summed E-state index contributed by atoms with van der Waals surface area (Å²) in [6.07, 6.45) is 6.56. The lowest BCUT2D eigenvalue weighted by Gasteiger charge is -2.33. The lowest BCUT2D eigenvalue weighted by Crippen LogP contribution is -2.39. The predicted octanol–water partition coefficient (Wildman–Crippen LogP) is 4.56. The Morgan fingerprint density at radius 1 is 0.960 bits per heavy atom. The van der Waals surface area contributed by atoms with Crippen LogP contribution >= 0.6 is 0 Å². The fourth-order valence-corrected chi connectivity index (χ4v) is 4.52. The van der Waals surface area contributed by atoms with Gasteiger partial charge < -0.3 is 15.1 Å². The second kappa shape index (κ2) is 7.49. The fourth-order valence-electron chi connectivity index (χ4n) is 4.52. The highest BCUT2D eigenvalue weighted by atomic mass is 15.4. The van der Waals surface area contributed by atoms with Gasteiger partial charge in [-0.2, -0.15) is 0 Å². The molecule has 2 aromatic carbocycles. The van der Waals surface area contributed by atoms with E-state index in [2.05, 4.69) is 69.7 Å². The number of nitrogens with one attached hydrogen (secondary N) is 1. The van der Waals surface area contributed by atoms with Gasteiger partial charge in [0, 0.05) is 6.04 Å². The molecule has 0 spiro atoms. The summed E-state index contributed by atoms with van der Waals surface area (Å²) in [4.78, 5) is 5.29. The molecule has 0 radical (unpaired) electrons. The van der Waals surface area contributed by atoms with Crippen molar-refractivity contribution in [1.29, 1.82) is 0 Å². The van der Waals surface area contributed by atoms with E-state index in [0.717, 1.165) is 19.6 Å². The van der Waals surface area contributed by atoms with Gasteiger partial charge in [-0.3, -0.25) is 0 Å². The van der Waals surface area contributed by atoms with E-state index in [-0.39, 0.29) is 0 Å². The molecule has 0 aromatic heterocycles. The topological polar surface area (TPSA) is 18.5 Å². The first-order valence-electron chi connectivity index (χ1n) is 9.70. The number of hydrogen-bond donors (Lipinski definition) is 1. The Kier molecular flexibility index (Phi) is 4.93. The van der Waals surface area contributed by atoms with Gasteiger partial charge in [0.2, 0.25) is 0 Å². The predicted molar refractivity (Wildman–Crippen MR) is 106 cm³/mol. The summed E-state index contributed by atoms with van der Waals surface area (Å²) in [6, 6.07) is 21.1. The molecule has 0 amide bonds. The molecule has 2 aromatic rings. The number of para-hydroxylation sites is 2. The molecule has 3 heteroatoms. The maximum Gasteiger partial charge on any atom is 0.0913 e. The Bertz CT molecular complexity index is 679. The third-order valence-corrected chi connectivity index (χ3v) is 5.80. The highest BCUT2D eigenvalue weighted by Crippen LogP contribution is 2.44. The van der Waals surface area contributed by atoms with Crippen molar-refractivity contribution in [2.24, 2.45) is 0 Å². The zero-order valence-corrected chi connectivity index (χ0v) is 15.2. The van der Waals surface area contributed by atoms with Gasteiger partial charge in [0.25, 0.3) is 0 Å². The lowest BCUT2D eigenvalue weighted by molar-refractivity contribution is 0.539. The number of anilines is 2. The van der Waals surface area contributed by atoms with Gasteiger partial charge in [0.1, 0.15) is 0 Å². The number of hydrogen-bond acceptors (Lipinski definition) is 3. The molecule has 4 rings (SSSR count). The highest BCUT2D eigenvalue weighted by Gasteiger charge is 2.35. The molecule has 1 saturated carbocycles. The Labute approximate surface area is 151 Å². The van der Waals surface area contributed by atoms with Crippen LogP contribution in [0.3, 0.4) is 0 Å². The van der Waals surface area contributed by atoms with Gasteiger partial charge in [0.15, 0.2) is 0 Å². The second-order valence-corrected chi connectivity index (χ2v) is 7.33. The van der Waals surface area contributed by atoms with Crippen LogP contribution in [0.4, 0.5) is 11.4 Å². The van der Waals surface area contributed by atoms with Crippen molar-refractivity contribution in [2.45, 2.75) is 44.2 Å². The van der Waals surface area contributed by atoms with Crippen molar-refractivity contribution in [3.8, 4) is 0 Å². The van der Waals surface area contributed by atoms with Gasteiger partial charge in [-0.15, -0.1) is 0 Å². The van der Waals surface area contributed by atoms with Gasteiger partial charge in [0.05, 0.1) is 24.1 Å². The van der Waals surface area contributed by atoms with E-state index in [1.54, 1.807) is 0 Å². The third-order valence-electron chi connectivity index (χ3n) is 5.80. The van der Waals surface area contributed by atoms with E-state index in [1.165, 1.54) is 42.6 Å². The van der Waals surface area contributed by atoms with Gasteiger partial charge in [-0.1, -0.05) is 55.3 Å². The van der Waals surface area contributed by atoms with Gasteiger partial charge in [-0.25, -0.2) is 0 Å². The monoisotopic (exact) mass is 335 g/mol. The first-order valence-corrected chi connectivity index (χ1v) is 9.70. The van der Waals surface area contributed by atoms with Crippen molar-refractivity contribution in [3.63, 3.8) is 0 Å². The van der Waals surface area contributed by atoms with Crippen LogP contribution in [0, 0.1) is 0 Å². The molecule has 1 atom stereocenters. The Morgan fingerprint density at radius 3 is 2.36 bits per heavy atom. The summed E-state index contributed by atoms with van der Waals surface area (Å²) in [5.74, 6) is 0. The van der Waals surface area contributed by atoms with Crippen molar-refractivity contribution < 1.29 is 0 Å². The fraction of sp³-hybridized carbons (Fsp3) is 0.455. The minimum absolute atomic E-state index is 0.418. The van der Waals surface area contributed by atoms with Crippen LogP contribution in [-0.4, -0.2) is 26.3 Å². The van der Waals surface area contributed by atoms with Gasteiger partial charge in [-0.05, 0) is 50.6 Å². The summed E-state index contributed by atoms with van der Waals surface area (Å²) in [6.45, 7) is 2.05. The Morgan fingerprint density at radius 2 is 1.64 bits per heavy atom. The lowest BCUT2D eigenvalue weighted by atomic mass is 10.0. The SMILES string of the molecule is CNCCC(c1ccccc1)N1CN(C2CCCC2)c2ccccc21. The van der Waals surface area contributed by atoms with Crippen LogP contribution in [0.2, 0.25) is 0 Å². The van der Waals surface area contributed by atoms with Crippen LogP contribution in [-0.2, 0) is 0 Å². The summed E-state index contributed by atoms with van der Waals surface area (Å²) in [5.41, 5.74) is 4.25. The molecule has 1 fully saturated rings. The average molecular weight is 335 g/mol. The quantitative estimate of drug-likeness (QED) is 0.834. The number of benzene rings is 2. The van der Waals surface area contributed by atoms with Crippen molar-refractivity contribution >= 4 is 11.4 Å². The molecule has 1 aliphatic heterocycles. The van der Waals surface area contributed by atoms with Crippen molar-refractivity contribution in [1.82, 2.24) is 5.32 Å². The molecule has 0 bridgehead atoms. The molecule has 1 N–H and O–H groups in total. The minimum atomic E-state index is 0.418. The highest BCUT2D eigenvalue weighted by molar-refractivity contribution is 5.77. The van der Waals surface area contributed by atoms with E-state index in [1.807, 2.05) is 7.05 Å². The van der Waals surface area contributed by atoms with E-state index in [0.29, 0.717) is 12.1 Å². The molecular weight excluding hydrogens is 306 g/mol. The third kappa shape index (κ3) is 3.25. The smallest absolute Gasteiger partial charge is 0.0913 e. The maximum atomic E-state index is 3.34. The first-order chi connectivity index (χ1) is 12.4. The molecule has 0 saturated heterocycles. The van der Waals surface area contributed by atoms with Crippen LogP contribution < -0.4 is 15.1 Å². The number of nitrogens with zero attached hydrogens (tertiary/aromatic N) is 2. The van der Waals surface area contributed by atoms with Gasteiger partial charge >= 0.3 is 0 Å². The summed E-state index contributed by atoms with van der Waals surface area (Å²) >= 11 is 0. The zero-order valence-electron chi connectivity index (χ0n) is 15.2. The minimum Gasteiger partial charge on any atom is -0.349 e. The Balaban J connectivity index is 1.67. The second-order valence-electron chi connectivity index (χ2n) is 7.33.